The van der Waals surface area contributed by atoms with Crippen LogP contribution in [0.2, 0.25) is 5.02 Å². The molecular weight excluding hydrogens is 375 g/mol. The summed E-state index contributed by atoms with van der Waals surface area (Å²) in [5, 5.41) is 3.76. The Balaban J connectivity index is 0.00000338. The number of rotatable bonds is 8. The Labute approximate surface area is 167 Å². The fourth-order valence-electron chi connectivity index (χ4n) is 3.16. The zero-order chi connectivity index (χ0) is 18.2. The van der Waals surface area contributed by atoms with Crippen LogP contribution in [-0.2, 0) is 0 Å². The second-order valence-corrected chi connectivity index (χ2v) is 6.72. The minimum Gasteiger partial charge on any atom is -0.493 e. The number of nitrogens with one attached hydrogen (secondary N) is 1. The summed E-state index contributed by atoms with van der Waals surface area (Å²) in [6.07, 6.45) is 3.76. The van der Waals surface area contributed by atoms with Crippen molar-refractivity contribution in [3.05, 3.63) is 22.7 Å². The van der Waals surface area contributed by atoms with Crippen LogP contribution in [0.3, 0.4) is 0 Å². The molecule has 0 bridgehead atoms. The quantitative estimate of drug-likeness (QED) is 0.706. The maximum Gasteiger partial charge on any atom is 0.254 e. The van der Waals surface area contributed by atoms with Gasteiger partial charge in [0.2, 0.25) is 0 Å². The van der Waals surface area contributed by atoms with Crippen LogP contribution in [0.5, 0.6) is 11.5 Å². The molecule has 1 saturated heterocycles. The van der Waals surface area contributed by atoms with Crippen molar-refractivity contribution in [2.24, 2.45) is 0 Å². The zero-order valence-electron chi connectivity index (χ0n) is 15.8. The van der Waals surface area contributed by atoms with Gasteiger partial charge in [-0.15, -0.1) is 12.4 Å². The molecule has 5 nitrogen and oxygen atoms in total. The lowest BCUT2D eigenvalue weighted by atomic mass is 10.0. The highest BCUT2D eigenvalue weighted by Gasteiger charge is 2.27. The molecule has 0 spiro atoms. The van der Waals surface area contributed by atoms with E-state index in [0.717, 1.165) is 45.3 Å². The normalized spacial score (nSPS) is 14.5. The number of hydrogen-bond donors (Lipinski definition) is 1. The molecule has 1 aromatic rings. The molecule has 0 saturated carbocycles. The van der Waals surface area contributed by atoms with E-state index in [0.29, 0.717) is 28.7 Å². The number of carbonyl (C=O) groups excluding carboxylic acids is 1. The molecule has 0 aliphatic carbocycles. The molecule has 26 heavy (non-hydrogen) atoms. The Hall–Kier alpha value is -1.17. The van der Waals surface area contributed by atoms with E-state index in [4.69, 9.17) is 21.1 Å². The van der Waals surface area contributed by atoms with Gasteiger partial charge in [-0.3, -0.25) is 4.79 Å². The van der Waals surface area contributed by atoms with Crippen molar-refractivity contribution in [2.75, 3.05) is 33.4 Å². The molecule has 1 aliphatic rings. The summed E-state index contributed by atoms with van der Waals surface area (Å²) in [6, 6.07) is 3.71. The highest BCUT2D eigenvalue weighted by molar-refractivity contribution is 6.32. The van der Waals surface area contributed by atoms with Crippen LogP contribution in [0.1, 0.15) is 49.9 Å². The van der Waals surface area contributed by atoms with E-state index in [-0.39, 0.29) is 24.4 Å². The number of nitrogens with zero attached hydrogens (tertiary/aromatic N) is 1. The maximum atomic E-state index is 13.1. The first kappa shape index (κ1) is 22.9. The molecule has 1 fully saturated rings. The Morgan fingerprint density at radius 2 is 1.96 bits per heavy atom. The number of ether oxygens (including phenoxy) is 2. The molecule has 1 heterocycles. The lowest BCUT2D eigenvalue weighted by Crippen LogP contribution is -2.46. The first-order chi connectivity index (χ1) is 12.1. The van der Waals surface area contributed by atoms with Crippen molar-refractivity contribution in [1.82, 2.24) is 10.2 Å². The second kappa shape index (κ2) is 11.5. The molecular formula is C19H30Cl2N2O3. The summed E-state index contributed by atoms with van der Waals surface area (Å²) in [7, 11) is 1.56. The third kappa shape index (κ3) is 5.66. The van der Waals surface area contributed by atoms with Gasteiger partial charge < -0.3 is 19.7 Å². The van der Waals surface area contributed by atoms with Crippen molar-refractivity contribution in [1.29, 1.82) is 0 Å². The van der Waals surface area contributed by atoms with Gasteiger partial charge >= 0.3 is 0 Å². The van der Waals surface area contributed by atoms with Gasteiger partial charge in [0, 0.05) is 18.2 Å². The molecule has 0 atom stereocenters. The summed E-state index contributed by atoms with van der Waals surface area (Å²) in [6.45, 7) is 7.33. The third-order valence-electron chi connectivity index (χ3n) is 4.40. The number of halogens is 2. The van der Waals surface area contributed by atoms with Crippen LogP contribution in [0.25, 0.3) is 0 Å². The molecule has 0 aromatic heterocycles. The van der Waals surface area contributed by atoms with E-state index in [1.807, 2.05) is 11.8 Å². The summed E-state index contributed by atoms with van der Waals surface area (Å²) in [5.41, 5.74) is 0.553. The van der Waals surface area contributed by atoms with Crippen molar-refractivity contribution in [3.63, 3.8) is 0 Å². The summed E-state index contributed by atoms with van der Waals surface area (Å²) in [5.74, 6) is 1.02. The second-order valence-electron chi connectivity index (χ2n) is 6.32. The van der Waals surface area contributed by atoms with Gasteiger partial charge in [0.15, 0.2) is 11.5 Å². The molecule has 2 rings (SSSR count). The Bertz CT molecular complexity index is 578. The summed E-state index contributed by atoms with van der Waals surface area (Å²) in [4.78, 5) is 15.1. The first-order valence-electron chi connectivity index (χ1n) is 9.14. The molecule has 7 heteroatoms. The largest absolute Gasteiger partial charge is 0.493 e. The number of carbonyl (C=O) groups is 1. The van der Waals surface area contributed by atoms with Crippen LogP contribution < -0.4 is 14.8 Å². The number of piperidine rings is 1. The van der Waals surface area contributed by atoms with Gasteiger partial charge in [0.1, 0.15) is 0 Å². The van der Waals surface area contributed by atoms with Crippen LogP contribution in [0.4, 0.5) is 0 Å². The Kier molecular flexibility index (Phi) is 10.1. The van der Waals surface area contributed by atoms with E-state index in [9.17, 15) is 4.79 Å². The average Bonchev–Trinajstić information content (AvgIpc) is 2.64. The van der Waals surface area contributed by atoms with E-state index in [1.165, 1.54) is 0 Å². The first-order valence-corrected chi connectivity index (χ1v) is 9.52. The predicted octanol–water partition coefficient (Wildman–Crippen LogP) is 4.16. The fourth-order valence-corrected chi connectivity index (χ4v) is 3.43. The SMILES string of the molecule is CCCOc1c(Cl)cc(C(=O)N(CCC)C2CCNCC2)cc1OC.Cl. The maximum absolute atomic E-state index is 13.1. The number of benzene rings is 1. The van der Waals surface area contributed by atoms with Crippen molar-refractivity contribution in [2.45, 2.75) is 45.6 Å². The van der Waals surface area contributed by atoms with E-state index in [2.05, 4.69) is 12.2 Å². The van der Waals surface area contributed by atoms with Gasteiger partial charge in [0.05, 0.1) is 18.7 Å². The fraction of sp³-hybridized carbons (Fsp3) is 0.632. The lowest BCUT2D eigenvalue weighted by molar-refractivity contribution is 0.0642. The minimum atomic E-state index is 0. The minimum absolute atomic E-state index is 0. The molecule has 1 aliphatic heterocycles. The van der Waals surface area contributed by atoms with Crippen LogP contribution >= 0.6 is 24.0 Å². The highest BCUT2D eigenvalue weighted by Crippen LogP contribution is 2.37. The average molecular weight is 405 g/mol. The summed E-state index contributed by atoms with van der Waals surface area (Å²) < 4.78 is 11.1. The Morgan fingerprint density at radius 3 is 2.54 bits per heavy atom. The smallest absolute Gasteiger partial charge is 0.254 e. The van der Waals surface area contributed by atoms with Crippen LogP contribution in [0, 0.1) is 0 Å². The van der Waals surface area contributed by atoms with Crippen LogP contribution in [-0.4, -0.2) is 50.2 Å². The molecule has 1 aromatic carbocycles. The van der Waals surface area contributed by atoms with Gasteiger partial charge in [-0.25, -0.2) is 0 Å². The third-order valence-corrected chi connectivity index (χ3v) is 4.68. The number of amides is 1. The summed E-state index contributed by atoms with van der Waals surface area (Å²) >= 11 is 6.37. The predicted molar refractivity (Wildman–Crippen MR) is 108 cm³/mol. The molecule has 1 N–H and O–H groups in total. The van der Waals surface area contributed by atoms with E-state index in [1.54, 1.807) is 19.2 Å². The highest BCUT2D eigenvalue weighted by atomic mass is 35.5. The van der Waals surface area contributed by atoms with Gasteiger partial charge in [-0.05, 0) is 50.9 Å². The van der Waals surface area contributed by atoms with Crippen molar-refractivity contribution >= 4 is 29.9 Å². The van der Waals surface area contributed by atoms with Crippen molar-refractivity contribution in [3.8, 4) is 11.5 Å². The van der Waals surface area contributed by atoms with E-state index < -0.39 is 0 Å². The van der Waals surface area contributed by atoms with Crippen LogP contribution in [0.15, 0.2) is 12.1 Å². The van der Waals surface area contributed by atoms with Gasteiger partial charge in [0.25, 0.3) is 5.91 Å². The standard InChI is InChI=1S/C19H29ClN2O3.ClH/c1-4-10-22(15-6-8-21-9-7-15)19(23)14-12-16(20)18(25-11-5-2)17(13-14)24-3;/h12-13,15,21H,4-11H2,1-3H3;1H. The zero-order valence-corrected chi connectivity index (χ0v) is 17.4. The van der Waals surface area contributed by atoms with Crippen molar-refractivity contribution < 1.29 is 14.3 Å². The number of methoxy groups -OCH3 is 1. The molecule has 148 valence electrons. The Morgan fingerprint density at radius 1 is 1.27 bits per heavy atom. The molecule has 1 amide bonds. The monoisotopic (exact) mass is 404 g/mol. The van der Waals surface area contributed by atoms with Gasteiger partial charge in [-0.2, -0.15) is 0 Å². The van der Waals surface area contributed by atoms with E-state index >= 15 is 0 Å². The number of hydrogen-bond acceptors (Lipinski definition) is 4. The molecule has 0 radical (unpaired) electrons. The lowest BCUT2D eigenvalue weighted by Gasteiger charge is -2.34. The molecule has 0 unspecified atom stereocenters. The van der Waals surface area contributed by atoms with Gasteiger partial charge in [-0.1, -0.05) is 25.4 Å². The topological polar surface area (TPSA) is 50.8 Å².